The molecule has 31 heavy (non-hydrogen) atoms. The molecule has 1 saturated heterocycles. The molecule has 3 aromatic rings. The first-order valence-electron chi connectivity index (χ1n) is 10.3. The first-order chi connectivity index (χ1) is 14.9. The zero-order valence-electron chi connectivity index (χ0n) is 18.3. The summed E-state index contributed by atoms with van der Waals surface area (Å²) in [6.07, 6.45) is 0. The number of methoxy groups -OCH3 is 2. The highest BCUT2D eigenvalue weighted by Gasteiger charge is 2.26. The molecule has 1 N–H and O–H groups in total. The smallest absolute Gasteiger partial charge is 0.254 e. The zero-order chi connectivity index (χ0) is 22.1. The van der Waals surface area contributed by atoms with Gasteiger partial charge in [-0.05, 0) is 49.7 Å². The average molecular weight is 421 g/mol. The van der Waals surface area contributed by atoms with Crippen molar-refractivity contribution >= 4 is 22.7 Å². The summed E-state index contributed by atoms with van der Waals surface area (Å²) in [5.74, 6) is 1.05. The molecule has 4 rings (SSSR count). The van der Waals surface area contributed by atoms with E-state index in [1.165, 1.54) is 0 Å². The number of amides is 2. The van der Waals surface area contributed by atoms with Gasteiger partial charge >= 0.3 is 0 Å². The first kappa shape index (κ1) is 20.8. The lowest BCUT2D eigenvalue weighted by Crippen LogP contribution is -2.50. The normalized spacial score (nSPS) is 14.1. The van der Waals surface area contributed by atoms with E-state index in [1.54, 1.807) is 37.3 Å². The number of aromatic nitrogens is 1. The minimum absolute atomic E-state index is 0.00435. The van der Waals surface area contributed by atoms with Gasteiger partial charge in [-0.2, -0.15) is 0 Å². The average Bonchev–Trinajstić information content (AvgIpc) is 3.10. The fourth-order valence-electron chi connectivity index (χ4n) is 4.00. The Morgan fingerprint density at radius 1 is 0.806 bits per heavy atom. The van der Waals surface area contributed by atoms with E-state index in [1.807, 2.05) is 30.0 Å². The Morgan fingerprint density at radius 2 is 1.35 bits per heavy atom. The topological polar surface area (TPSA) is 74.9 Å². The molecule has 0 bridgehead atoms. The Hall–Kier alpha value is -3.48. The molecule has 0 unspecified atom stereocenters. The van der Waals surface area contributed by atoms with Gasteiger partial charge in [-0.3, -0.25) is 9.59 Å². The molecule has 7 nitrogen and oxygen atoms in total. The molecule has 0 saturated carbocycles. The highest BCUT2D eigenvalue weighted by atomic mass is 16.5. The lowest BCUT2D eigenvalue weighted by Gasteiger charge is -2.35. The van der Waals surface area contributed by atoms with Crippen LogP contribution in [0.2, 0.25) is 0 Å². The van der Waals surface area contributed by atoms with Crippen LogP contribution < -0.4 is 9.47 Å². The lowest BCUT2D eigenvalue weighted by atomic mass is 10.1. The van der Waals surface area contributed by atoms with Crippen molar-refractivity contribution in [2.24, 2.45) is 0 Å². The quantitative estimate of drug-likeness (QED) is 0.701. The molecule has 1 aromatic heterocycles. The number of hydrogen-bond donors (Lipinski definition) is 1. The van der Waals surface area contributed by atoms with Gasteiger partial charge < -0.3 is 24.3 Å². The SMILES string of the molecule is COc1cc(OC)cc(C(=O)N2CCN(C(=O)c3ccc4[nH]c(C)c(C)c4c3)CC2)c1. The molecular weight excluding hydrogens is 394 g/mol. The number of carbonyl (C=O) groups excluding carboxylic acids is 2. The summed E-state index contributed by atoms with van der Waals surface area (Å²) in [7, 11) is 3.11. The third-order valence-corrected chi connectivity index (χ3v) is 6.01. The summed E-state index contributed by atoms with van der Waals surface area (Å²) in [6, 6.07) is 10.9. The van der Waals surface area contributed by atoms with E-state index < -0.39 is 0 Å². The van der Waals surface area contributed by atoms with Crippen molar-refractivity contribution in [1.82, 2.24) is 14.8 Å². The van der Waals surface area contributed by atoms with Gasteiger partial charge in [-0.15, -0.1) is 0 Å². The largest absolute Gasteiger partial charge is 0.497 e. The lowest BCUT2D eigenvalue weighted by molar-refractivity contribution is 0.0535. The van der Waals surface area contributed by atoms with Crippen LogP contribution >= 0.6 is 0 Å². The van der Waals surface area contributed by atoms with Crippen LogP contribution in [0.3, 0.4) is 0 Å². The maximum atomic E-state index is 13.1. The van der Waals surface area contributed by atoms with E-state index in [2.05, 4.69) is 11.9 Å². The van der Waals surface area contributed by atoms with E-state index in [9.17, 15) is 9.59 Å². The molecule has 162 valence electrons. The Bertz CT molecular complexity index is 1120. The number of hydrogen-bond acceptors (Lipinski definition) is 4. The summed E-state index contributed by atoms with van der Waals surface area (Å²) in [5, 5.41) is 1.07. The summed E-state index contributed by atoms with van der Waals surface area (Å²) in [4.78, 5) is 32.9. The standard InChI is InChI=1S/C24H27N3O4/c1-15-16(2)25-22-6-5-17(13-21(15)22)23(28)26-7-9-27(10-8-26)24(29)18-11-19(30-3)14-20(12-18)31-4/h5-6,11-14,25H,7-10H2,1-4H3. The molecule has 7 heteroatoms. The van der Waals surface area contributed by atoms with Crippen molar-refractivity contribution in [3.05, 3.63) is 58.8 Å². The van der Waals surface area contributed by atoms with Crippen LogP contribution in [-0.2, 0) is 0 Å². The fourth-order valence-corrected chi connectivity index (χ4v) is 4.00. The number of carbonyl (C=O) groups is 2. The molecular formula is C24H27N3O4. The van der Waals surface area contributed by atoms with Crippen molar-refractivity contribution in [2.45, 2.75) is 13.8 Å². The maximum Gasteiger partial charge on any atom is 0.254 e. The second-order valence-corrected chi connectivity index (χ2v) is 7.82. The highest BCUT2D eigenvalue weighted by molar-refractivity contribution is 5.99. The number of aromatic amines is 1. The Morgan fingerprint density at radius 3 is 1.90 bits per heavy atom. The van der Waals surface area contributed by atoms with Crippen LogP contribution in [0, 0.1) is 13.8 Å². The molecule has 2 heterocycles. The van der Waals surface area contributed by atoms with Gasteiger partial charge in [0.15, 0.2) is 0 Å². The molecule has 1 aliphatic rings. The number of nitrogens with zero attached hydrogens (tertiary/aromatic N) is 2. The highest BCUT2D eigenvalue weighted by Crippen LogP contribution is 2.25. The zero-order valence-corrected chi connectivity index (χ0v) is 18.3. The Kier molecular flexibility index (Phi) is 5.59. The number of rotatable bonds is 4. The number of benzene rings is 2. The second-order valence-electron chi connectivity index (χ2n) is 7.82. The van der Waals surface area contributed by atoms with Gasteiger partial charge in [0, 0.05) is 60.0 Å². The summed E-state index contributed by atoms with van der Waals surface area (Å²) in [6.45, 7) is 6.04. The first-order valence-corrected chi connectivity index (χ1v) is 10.3. The van der Waals surface area contributed by atoms with Crippen LogP contribution in [0.5, 0.6) is 11.5 Å². The summed E-state index contributed by atoms with van der Waals surface area (Å²) < 4.78 is 10.5. The van der Waals surface area contributed by atoms with Crippen molar-refractivity contribution < 1.29 is 19.1 Å². The van der Waals surface area contributed by atoms with Gasteiger partial charge in [0.2, 0.25) is 0 Å². The number of piperazine rings is 1. The van der Waals surface area contributed by atoms with Gasteiger partial charge in [0.1, 0.15) is 11.5 Å². The molecule has 2 aromatic carbocycles. The van der Waals surface area contributed by atoms with Crippen LogP contribution in [0.15, 0.2) is 36.4 Å². The molecule has 0 atom stereocenters. The minimum Gasteiger partial charge on any atom is -0.497 e. The molecule has 0 spiro atoms. The predicted molar refractivity (Wildman–Crippen MR) is 119 cm³/mol. The van der Waals surface area contributed by atoms with Crippen LogP contribution in [0.4, 0.5) is 0 Å². The third-order valence-electron chi connectivity index (χ3n) is 6.01. The summed E-state index contributed by atoms with van der Waals surface area (Å²) in [5.41, 5.74) is 4.50. The van der Waals surface area contributed by atoms with Crippen molar-refractivity contribution in [3.8, 4) is 11.5 Å². The summed E-state index contributed by atoms with van der Waals surface area (Å²) >= 11 is 0. The number of nitrogens with one attached hydrogen (secondary N) is 1. The van der Waals surface area contributed by atoms with Gasteiger partial charge in [0.25, 0.3) is 11.8 Å². The van der Waals surface area contributed by atoms with E-state index >= 15 is 0 Å². The van der Waals surface area contributed by atoms with Crippen molar-refractivity contribution in [1.29, 1.82) is 0 Å². The maximum absolute atomic E-state index is 13.1. The van der Waals surface area contributed by atoms with Gasteiger partial charge in [-0.1, -0.05) is 0 Å². The fraction of sp³-hybridized carbons (Fsp3) is 0.333. The van der Waals surface area contributed by atoms with E-state index in [4.69, 9.17) is 9.47 Å². The monoisotopic (exact) mass is 421 g/mol. The van der Waals surface area contributed by atoms with Crippen molar-refractivity contribution in [2.75, 3.05) is 40.4 Å². The Labute approximate surface area is 181 Å². The predicted octanol–water partition coefficient (Wildman–Crippen LogP) is 3.40. The molecule has 0 aliphatic carbocycles. The second kappa shape index (κ2) is 8.34. The van der Waals surface area contributed by atoms with Crippen LogP contribution in [0.25, 0.3) is 10.9 Å². The number of aryl methyl sites for hydroxylation is 2. The van der Waals surface area contributed by atoms with E-state index in [0.717, 1.165) is 22.2 Å². The van der Waals surface area contributed by atoms with Crippen molar-refractivity contribution in [3.63, 3.8) is 0 Å². The van der Waals surface area contributed by atoms with Crippen LogP contribution in [-0.4, -0.2) is 67.0 Å². The van der Waals surface area contributed by atoms with E-state index in [-0.39, 0.29) is 11.8 Å². The molecule has 2 amide bonds. The third kappa shape index (κ3) is 3.95. The molecule has 1 aliphatic heterocycles. The van der Waals surface area contributed by atoms with E-state index in [0.29, 0.717) is 48.8 Å². The number of H-pyrrole nitrogens is 1. The Balaban J connectivity index is 1.45. The molecule has 0 radical (unpaired) electrons. The van der Waals surface area contributed by atoms with Gasteiger partial charge in [0.05, 0.1) is 14.2 Å². The minimum atomic E-state index is -0.0934. The number of ether oxygens (including phenoxy) is 2. The van der Waals surface area contributed by atoms with Crippen LogP contribution in [0.1, 0.15) is 32.0 Å². The number of fused-ring (bicyclic) bond motifs is 1. The molecule has 1 fully saturated rings. The van der Waals surface area contributed by atoms with Gasteiger partial charge in [-0.25, -0.2) is 0 Å².